The molecule has 3 heteroatoms. The first-order valence-electron chi connectivity index (χ1n) is 3.24. The molecule has 0 spiro atoms. The molecule has 0 aromatic heterocycles. The smallest absolute Gasteiger partial charge is 0.306 e. The molecule has 10 heavy (non-hydrogen) atoms. The predicted octanol–water partition coefficient (Wildman–Crippen LogP) is 2.13. The molecule has 0 aromatic carbocycles. The van der Waals surface area contributed by atoms with Crippen LogP contribution in [0.1, 0.15) is 26.2 Å². The molecule has 0 bridgehead atoms. The maximum absolute atomic E-state index is 10.1. The molecule has 0 amide bonds. The Hall–Kier alpha value is -0.240. The van der Waals surface area contributed by atoms with Crippen molar-refractivity contribution < 1.29 is 9.90 Å². The molecule has 1 unspecified atom stereocenters. The molecule has 1 atom stereocenters. The zero-order valence-corrected chi connectivity index (χ0v) is 6.99. The van der Waals surface area contributed by atoms with Gasteiger partial charge < -0.3 is 5.11 Å². The van der Waals surface area contributed by atoms with Crippen molar-refractivity contribution >= 4 is 18.4 Å². The van der Waals surface area contributed by atoms with Crippen LogP contribution in [0.25, 0.3) is 0 Å². The van der Waals surface area contributed by atoms with Crippen LogP contribution in [0.2, 0.25) is 0 Å². The van der Waals surface area contributed by atoms with Gasteiger partial charge in [-0.1, -0.05) is 19.8 Å². The van der Waals surface area contributed by atoms with Crippen LogP contribution in [0.3, 0.4) is 0 Å². The van der Waals surface area contributed by atoms with Crippen molar-refractivity contribution in [1.29, 1.82) is 0 Å². The van der Waals surface area contributed by atoms with Crippen molar-refractivity contribution in [3.8, 4) is 0 Å². The highest BCUT2D eigenvalue weighted by Gasteiger charge is 2.08. The normalized spacial score (nSPS) is 11.8. The van der Waals surface area contributed by atoms with E-state index in [9.17, 15) is 4.79 Å². The van der Waals surface area contributed by atoms with E-state index in [0.29, 0.717) is 6.42 Å². The highest BCUT2D eigenvalue weighted by atomic mass is 35.5. The molecule has 1 radical (unpaired) electrons. The third-order valence-electron chi connectivity index (χ3n) is 1.26. The molecule has 61 valence electrons. The van der Waals surface area contributed by atoms with E-state index in [2.05, 4.69) is 6.92 Å². The van der Waals surface area contributed by atoms with Crippen LogP contribution >= 0.6 is 12.4 Å². The average molecular weight is 166 g/mol. The number of rotatable bonds is 4. The van der Waals surface area contributed by atoms with Gasteiger partial charge in [0.25, 0.3) is 0 Å². The minimum atomic E-state index is -0.788. The zero-order chi connectivity index (χ0) is 7.28. The largest absolute Gasteiger partial charge is 0.481 e. The van der Waals surface area contributed by atoms with Crippen molar-refractivity contribution in [2.24, 2.45) is 5.92 Å². The Labute approximate surface area is 68.0 Å². The molecular formula is C7H14ClO2. The molecule has 0 aliphatic carbocycles. The molecule has 2 nitrogen and oxygen atoms in total. The van der Waals surface area contributed by atoms with Gasteiger partial charge in [-0.15, -0.1) is 12.4 Å². The van der Waals surface area contributed by atoms with Crippen molar-refractivity contribution in [3.63, 3.8) is 0 Å². The molecule has 0 aliphatic rings. The molecule has 0 aromatic rings. The number of carbonyl (C=O) groups is 1. The van der Waals surface area contributed by atoms with E-state index < -0.39 is 11.9 Å². The summed E-state index contributed by atoms with van der Waals surface area (Å²) in [4.78, 5) is 10.1. The lowest BCUT2D eigenvalue weighted by molar-refractivity contribution is -0.140. The third-order valence-corrected chi connectivity index (χ3v) is 1.26. The van der Waals surface area contributed by atoms with Crippen LogP contribution < -0.4 is 0 Å². The monoisotopic (exact) mass is 165 g/mol. The van der Waals surface area contributed by atoms with Crippen molar-refractivity contribution in [2.75, 3.05) is 0 Å². The van der Waals surface area contributed by atoms with Gasteiger partial charge in [-0.2, -0.15) is 0 Å². The van der Waals surface area contributed by atoms with Gasteiger partial charge >= 0.3 is 5.97 Å². The third kappa shape index (κ3) is 5.89. The van der Waals surface area contributed by atoms with E-state index in [1.807, 2.05) is 6.92 Å². The zero-order valence-electron chi connectivity index (χ0n) is 6.17. The van der Waals surface area contributed by atoms with Crippen LogP contribution in [-0.2, 0) is 4.79 Å². The number of carboxylic acids is 1. The fraction of sp³-hybridized carbons (Fsp3) is 0.714. The van der Waals surface area contributed by atoms with Crippen molar-refractivity contribution in [2.45, 2.75) is 26.2 Å². The molecule has 0 rings (SSSR count). The Morgan fingerprint density at radius 3 is 2.50 bits per heavy atom. The second-order valence-corrected chi connectivity index (χ2v) is 2.18. The van der Waals surface area contributed by atoms with E-state index in [1.165, 1.54) is 0 Å². The maximum atomic E-state index is 10.1. The fourth-order valence-corrected chi connectivity index (χ4v) is 0.574. The molecule has 0 saturated carbocycles. The molecule has 0 saturated heterocycles. The van der Waals surface area contributed by atoms with Gasteiger partial charge in [-0.25, -0.2) is 0 Å². The highest BCUT2D eigenvalue weighted by Crippen LogP contribution is 2.05. The second kappa shape index (κ2) is 6.87. The summed E-state index contributed by atoms with van der Waals surface area (Å²) < 4.78 is 0. The molecule has 0 fully saturated rings. The van der Waals surface area contributed by atoms with Gasteiger partial charge in [0.1, 0.15) is 0 Å². The van der Waals surface area contributed by atoms with Crippen molar-refractivity contribution in [1.82, 2.24) is 0 Å². The molecule has 0 heterocycles. The SMILES string of the molecule is Cl.[CH2]C(CCCC)C(=O)O. The number of hydrogen-bond acceptors (Lipinski definition) is 1. The number of hydrogen-bond donors (Lipinski definition) is 1. The lowest BCUT2D eigenvalue weighted by Gasteiger charge is -2.01. The standard InChI is InChI=1S/C7H13O2.ClH/c1-3-4-5-6(2)7(8)9;/h6H,2-5H2,1H3,(H,8,9);1H. The van der Waals surface area contributed by atoms with Gasteiger partial charge in [0, 0.05) is 0 Å². The van der Waals surface area contributed by atoms with E-state index in [4.69, 9.17) is 5.11 Å². The van der Waals surface area contributed by atoms with E-state index in [-0.39, 0.29) is 12.4 Å². The summed E-state index contributed by atoms with van der Waals surface area (Å²) in [5.74, 6) is -1.20. The maximum Gasteiger partial charge on any atom is 0.306 e. The second-order valence-electron chi connectivity index (χ2n) is 2.18. The summed E-state index contributed by atoms with van der Waals surface area (Å²) in [6.07, 6.45) is 2.70. The van der Waals surface area contributed by atoms with Gasteiger partial charge in [0.05, 0.1) is 5.92 Å². The number of carboxylic acid groups (broad SMARTS) is 1. The summed E-state index contributed by atoms with van der Waals surface area (Å²) in [5.41, 5.74) is 0. The van der Waals surface area contributed by atoms with E-state index >= 15 is 0 Å². The predicted molar refractivity (Wildman–Crippen MR) is 43.3 cm³/mol. The first-order chi connectivity index (χ1) is 4.18. The van der Waals surface area contributed by atoms with Gasteiger partial charge in [-0.3, -0.25) is 4.79 Å². The summed E-state index contributed by atoms with van der Waals surface area (Å²) in [7, 11) is 0. The van der Waals surface area contributed by atoms with Crippen LogP contribution in [0.4, 0.5) is 0 Å². The Balaban J connectivity index is 0. The van der Waals surface area contributed by atoms with E-state index in [0.717, 1.165) is 12.8 Å². The Kier molecular flexibility index (Phi) is 8.55. The summed E-state index contributed by atoms with van der Waals surface area (Å²) in [6, 6.07) is 0. The first kappa shape index (κ1) is 12.4. The van der Waals surface area contributed by atoms with Crippen LogP contribution in [0, 0.1) is 12.8 Å². The minimum absolute atomic E-state index is 0. The number of unbranched alkanes of at least 4 members (excludes halogenated alkanes) is 1. The van der Waals surface area contributed by atoms with E-state index in [1.54, 1.807) is 0 Å². The Morgan fingerprint density at radius 2 is 2.20 bits per heavy atom. The minimum Gasteiger partial charge on any atom is -0.481 e. The van der Waals surface area contributed by atoms with Crippen LogP contribution in [0.15, 0.2) is 0 Å². The molecular weight excluding hydrogens is 152 g/mol. The highest BCUT2D eigenvalue weighted by molar-refractivity contribution is 5.85. The topological polar surface area (TPSA) is 37.3 Å². The van der Waals surface area contributed by atoms with Gasteiger partial charge in [0.2, 0.25) is 0 Å². The average Bonchev–Trinajstić information content (AvgIpc) is 1.82. The summed E-state index contributed by atoms with van der Waals surface area (Å²) in [6.45, 7) is 5.51. The lowest BCUT2D eigenvalue weighted by Crippen LogP contribution is -2.08. The molecule has 1 N–H and O–H groups in total. The van der Waals surface area contributed by atoms with Gasteiger partial charge in [0.15, 0.2) is 0 Å². The van der Waals surface area contributed by atoms with Crippen molar-refractivity contribution in [3.05, 3.63) is 6.92 Å². The Morgan fingerprint density at radius 1 is 1.70 bits per heavy atom. The summed E-state index contributed by atoms with van der Waals surface area (Å²) >= 11 is 0. The summed E-state index contributed by atoms with van der Waals surface area (Å²) in [5, 5.41) is 8.35. The Bertz CT molecular complexity index is 93.6. The van der Waals surface area contributed by atoms with Gasteiger partial charge in [-0.05, 0) is 13.3 Å². The lowest BCUT2D eigenvalue weighted by atomic mass is 10.1. The first-order valence-corrected chi connectivity index (χ1v) is 3.24. The fourth-order valence-electron chi connectivity index (χ4n) is 0.574. The quantitative estimate of drug-likeness (QED) is 0.693. The van der Waals surface area contributed by atoms with Crippen LogP contribution in [-0.4, -0.2) is 11.1 Å². The number of halogens is 1. The number of aliphatic carboxylic acids is 1. The molecule has 0 aliphatic heterocycles. The van der Waals surface area contributed by atoms with Crippen LogP contribution in [0.5, 0.6) is 0 Å².